The molecule has 0 spiro atoms. The van der Waals surface area contributed by atoms with Crippen LogP contribution in [-0.4, -0.2) is 49.3 Å². The van der Waals surface area contributed by atoms with Crippen LogP contribution in [0.5, 0.6) is 0 Å². The van der Waals surface area contributed by atoms with E-state index >= 15 is 0 Å². The van der Waals surface area contributed by atoms with E-state index in [0.717, 1.165) is 6.26 Å². The van der Waals surface area contributed by atoms with Crippen LogP contribution in [0.3, 0.4) is 0 Å². The van der Waals surface area contributed by atoms with Crippen molar-refractivity contribution in [1.82, 2.24) is 4.90 Å². The van der Waals surface area contributed by atoms with Gasteiger partial charge in [-0.25, -0.2) is 4.79 Å². The zero-order chi connectivity index (χ0) is 18.6. The number of carbonyl (C=O) groups excluding carboxylic acids is 1. The van der Waals surface area contributed by atoms with E-state index in [0.29, 0.717) is 12.0 Å². The lowest BCUT2D eigenvalue weighted by Crippen LogP contribution is -2.35. The third-order valence-corrected chi connectivity index (χ3v) is 4.25. The number of ether oxygens (including phenoxy) is 1. The lowest BCUT2D eigenvalue weighted by atomic mass is 10.2. The molecule has 1 amide bonds. The minimum atomic E-state index is -3.62. The molecule has 2 atom stereocenters. The topological polar surface area (TPSA) is 116 Å². The Morgan fingerprint density at radius 1 is 1.44 bits per heavy atom. The molecule has 1 heterocycles. The molecule has 1 aliphatic heterocycles. The predicted octanol–water partition coefficient (Wildman–Crippen LogP) is 1.84. The molecule has 1 fully saturated rings. The van der Waals surface area contributed by atoms with Crippen LogP contribution in [0.25, 0.3) is 0 Å². The molecule has 0 N–H and O–H groups in total. The summed E-state index contributed by atoms with van der Waals surface area (Å²) in [7, 11) is -3.62. The van der Waals surface area contributed by atoms with E-state index in [1.807, 2.05) is 0 Å². The number of likely N-dealkylation sites (tertiary alicyclic amines) is 1. The average Bonchev–Trinajstić information content (AvgIpc) is 2.94. The summed E-state index contributed by atoms with van der Waals surface area (Å²) in [6, 6.07) is 5.24. The zero-order valence-corrected chi connectivity index (χ0v) is 14.3. The highest BCUT2D eigenvalue weighted by molar-refractivity contribution is 7.86. The number of nitro groups is 1. The van der Waals surface area contributed by atoms with Crippen LogP contribution in [0.4, 0.5) is 10.5 Å². The molecule has 1 aliphatic rings. The normalized spacial score (nSPS) is 20.3. The summed E-state index contributed by atoms with van der Waals surface area (Å²) in [6.45, 7) is 3.64. The smallest absolute Gasteiger partial charge is 0.410 e. The summed E-state index contributed by atoms with van der Waals surface area (Å²) < 4.78 is 32.5. The minimum absolute atomic E-state index is 0.0536. The quantitative estimate of drug-likeness (QED) is 0.325. The molecule has 25 heavy (non-hydrogen) atoms. The number of hydrogen-bond acceptors (Lipinski definition) is 7. The Morgan fingerprint density at radius 2 is 2.08 bits per heavy atom. The van der Waals surface area contributed by atoms with E-state index in [1.165, 1.54) is 35.2 Å². The fourth-order valence-electron chi connectivity index (χ4n) is 2.52. The van der Waals surface area contributed by atoms with Gasteiger partial charge in [0.2, 0.25) is 0 Å². The number of non-ortho nitro benzene ring substituents is 1. The van der Waals surface area contributed by atoms with Crippen molar-refractivity contribution in [3.8, 4) is 0 Å². The highest BCUT2D eigenvalue weighted by Crippen LogP contribution is 2.23. The Bertz CT molecular complexity index is 761. The van der Waals surface area contributed by atoms with Gasteiger partial charge in [0, 0.05) is 18.6 Å². The van der Waals surface area contributed by atoms with Crippen molar-refractivity contribution >= 4 is 21.9 Å². The lowest BCUT2D eigenvalue weighted by molar-refractivity contribution is -0.384. The molecule has 10 heteroatoms. The first kappa shape index (κ1) is 18.9. The molecule has 1 aromatic carbocycles. The van der Waals surface area contributed by atoms with Crippen molar-refractivity contribution in [1.29, 1.82) is 0 Å². The van der Waals surface area contributed by atoms with Gasteiger partial charge in [-0.05, 0) is 17.7 Å². The van der Waals surface area contributed by atoms with Crippen LogP contribution in [0.1, 0.15) is 12.0 Å². The fourth-order valence-corrected chi connectivity index (χ4v) is 3.15. The molecular formula is C15H18N2O7S. The molecule has 0 radical (unpaired) electrons. The molecule has 0 aliphatic carbocycles. The van der Waals surface area contributed by atoms with Crippen LogP contribution >= 0.6 is 0 Å². The zero-order valence-electron chi connectivity index (χ0n) is 13.5. The minimum Gasteiger partial charge on any atom is -0.445 e. The molecule has 0 bridgehead atoms. The highest BCUT2D eigenvalue weighted by Gasteiger charge is 2.36. The van der Waals surface area contributed by atoms with Gasteiger partial charge in [0.25, 0.3) is 15.8 Å². The van der Waals surface area contributed by atoms with Gasteiger partial charge >= 0.3 is 6.09 Å². The van der Waals surface area contributed by atoms with Crippen molar-refractivity contribution in [3.63, 3.8) is 0 Å². The number of benzene rings is 1. The highest BCUT2D eigenvalue weighted by atomic mass is 32.2. The van der Waals surface area contributed by atoms with E-state index in [1.54, 1.807) is 0 Å². The number of carbonyl (C=O) groups is 1. The molecule has 2 unspecified atom stereocenters. The molecule has 136 valence electrons. The van der Waals surface area contributed by atoms with Crippen molar-refractivity contribution in [2.45, 2.75) is 25.2 Å². The van der Waals surface area contributed by atoms with Gasteiger partial charge in [0.15, 0.2) is 0 Å². The Hall–Kier alpha value is -2.46. The first-order chi connectivity index (χ1) is 11.7. The number of nitro benzene ring substituents is 1. The number of rotatable bonds is 6. The van der Waals surface area contributed by atoms with Gasteiger partial charge in [-0.15, -0.1) is 6.58 Å². The second-order valence-corrected chi connectivity index (χ2v) is 7.19. The Kier molecular flexibility index (Phi) is 5.75. The molecule has 0 saturated carbocycles. The number of amides is 1. The van der Waals surface area contributed by atoms with E-state index in [9.17, 15) is 23.3 Å². The first-order valence-electron chi connectivity index (χ1n) is 7.37. The van der Waals surface area contributed by atoms with Gasteiger partial charge in [0.05, 0.1) is 29.9 Å². The number of hydrogen-bond donors (Lipinski definition) is 0. The molecule has 9 nitrogen and oxygen atoms in total. The Labute approximate surface area is 145 Å². The van der Waals surface area contributed by atoms with Crippen LogP contribution in [0, 0.1) is 10.1 Å². The van der Waals surface area contributed by atoms with Gasteiger partial charge < -0.3 is 4.74 Å². The molecule has 1 aromatic rings. The first-order valence-corrected chi connectivity index (χ1v) is 9.19. The molecular weight excluding hydrogens is 352 g/mol. The maximum atomic E-state index is 12.2. The SMILES string of the molecule is C=CC1CC(OS(C)(=O)=O)CN1C(=O)OCc1ccc([N+](=O)[O-])cc1. The van der Waals surface area contributed by atoms with Gasteiger partial charge in [-0.1, -0.05) is 6.08 Å². The van der Waals surface area contributed by atoms with E-state index < -0.39 is 33.3 Å². The van der Waals surface area contributed by atoms with Crippen molar-refractivity contribution in [2.75, 3.05) is 12.8 Å². The van der Waals surface area contributed by atoms with E-state index in [4.69, 9.17) is 8.92 Å². The summed E-state index contributed by atoms with van der Waals surface area (Å²) >= 11 is 0. The Balaban J connectivity index is 1.95. The van der Waals surface area contributed by atoms with Crippen molar-refractivity contribution in [3.05, 3.63) is 52.6 Å². The molecule has 1 saturated heterocycles. The van der Waals surface area contributed by atoms with Crippen LogP contribution in [0.2, 0.25) is 0 Å². The Morgan fingerprint density at radius 3 is 2.60 bits per heavy atom. The molecule has 0 aromatic heterocycles. The lowest BCUT2D eigenvalue weighted by Gasteiger charge is -2.21. The van der Waals surface area contributed by atoms with Gasteiger partial charge in [0.1, 0.15) is 6.61 Å². The number of nitrogens with zero attached hydrogens (tertiary/aromatic N) is 2. The largest absolute Gasteiger partial charge is 0.445 e. The molecule has 2 rings (SSSR count). The van der Waals surface area contributed by atoms with Crippen LogP contribution in [-0.2, 0) is 25.6 Å². The fraction of sp³-hybridized carbons (Fsp3) is 0.400. The predicted molar refractivity (Wildman–Crippen MR) is 88.3 cm³/mol. The van der Waals surface area contributed by atoms with Crippen LogP contribution in [0.15, 0.2) is 36.9 Å². The van der Waals surface area contributed by atoms with Crippen molar-refractivity contribution < 1.29 is 27.1 Å². The van der Waals surface area contributed by atoms with E-state index in [-0.39, 0.29) is 18.8 Å². The second-order valence-electron chi connectivity index (χ2n) is 5.59. The van der Waals surface area contributed by atoms with Crippen molar-refractivity contribution in [2.24, 2.45) is 0 Å². The summed E-state index contributed by atoms with van der Waals surface area (Å²) in [5.41, 5.74) is 0.541. The monoisotopic (exact) mass is 370 g/mol. The average molecular weight is 370 g/mol. The third-order valence-electron chi connectivity index (χ3n) is 3.63. The maximum absolute atomic E-state index is 12.2. The summed E-state index contributed by atoms with van der Waals surface area (Å²) in [5.74, 6) is 0. The van der Waals surface area contributed by atoms with Crippen LogP contribution < -0.4 is 0 Å². The second kappa shape index (κ2) is 7.62. The van der Waals surface area contributed by atoms with E-state index in [2.05, 4.69) is 6.58 Å². The summed E-state index contributed by atoms with van der Waals surface area (Å²) in [4.78, 5) is 23.6. The summed E-state index contributed by atoms with van der Waals surface area (Å²) in [6.07, 6.45) is 1.50. The maximum Gasteiger partial charge on any atom is 0.410 e. The van der Waals surface area contributed by atoms with Gasteiger partial charge in [-0.2, -0.15) is 8.42 Å². The van der Waals surface area contributed by atoms with Gasteiger partial charge in [-0.3, -0.25) is 19.2 Å². The standard InChI is InChI=1S/C15H18N2O7S/c1-3-12-8-14(24-25(2,21)22)9-16(12)15(18)23-10-11-4-6-13(7-5-11)17(19)20/h3-7,12,14H,1,8-10H2,2H3. The summed E-state index contributed by atoms with van der Waals surface area (Å²) in [5, 5.41) is 10.6. The third kappa shape index (κ3) is 5.26.